The number of nitrogens with zero attached hydrogens (tertiary/aromatic N) is 1. The molecule has 1 aliphatic rings. The summed E-state index contributed by atoms with van der Waals surface area (Å²) in [6, 6.07) is 4.48. The van der Waals surface area contributed by atoms with Crippen molar-refractivity contribution in [2.45, 2.75) is 31.7 Å². The molecule has 3 heteroatoms. The van der Waals surface area contributed by atoms with Crippen molar-refractivity contribution in [2.75, 3.05) is 0 Å². The van der Waals surface area contributed by atoms with Gasteiger partial charge in [0.1, 0.15) is 0 Å². The third-order valence-electron chi connectivity index (χ3n) is 2.72. The van der Waals surface area contributed by atoms with E-state index in [1.807, 2.05) is 12.4 Å². The van der Waals surface area contributed by atoms with Crippen LogP contribution in [0.15, 0.2) is 24.5 Å². The van der Waals surface area contributed by atoms with Crippen LogP contribution < -0.4 is 5.32 Å². The Kier molecular flexibility index (Phi) is 2.48. The maximum atomic E-state index is 10.8. The normalized spacial score (nSPS) is 25.2. The summed E-state index contributed by atoms with van der Waals surface area (Å²) in [5.74, 6) is 0.679. The molecule has 14 heavy (non-hydrogen) atoms. The summed E-state index contributed by atoms with van der Waals surface area (Å²) >= 11 is 0. The van der Waals surface area contributed by atoms with Crippen LogP contribution in [0.2, 0.25) is 0 Å². The van der Waals surface area contributed by atoms with E-state index in [1.165, 1.54) is 5.56 Å². The average Bonchev–Trinajstić information content (AvgIpc) is 2.12. The van der Waals surface area contributed by atoms with Crippen molar-refractivity contribution in [2.24, 2.45) is 0 Å². The van der Waals surface area contributed by atoms with Crippen molar-refractivity contribution in [3.63, 3.8) is 0 Å². The molecule has 1 heterocycles. The molecule has 2 rings (SSSR count). The summed E-state index contributed by atoms with van der Waals surface area (Å²) in [5.41, 5.74) is 1.33. The van der Waals surface area contributed by atoms with Crippen LogP contribution >= 0.6 is 0 Å². The van der Waals surface area contributed by atoms with E-state index in [0.29, 0.717) is 12.0 Å². The molecule has 1 fully saturated rings. The number of nitrogens with one attached hydrogen (secondary N) is 1. The van der Waals surface area contributed by atoms with Gasteiger partial charge in [-0.3, -0.25) is 9.78 Å². The first-order valence-electron chi connectivity index (χ1n) is 4.92. The molecule has 0 saturated heterocycles. The summed E-state index contributed by atoms with van der Waals surface area (Å²) < 4.78 is 0. The fourth-order valence-electron chi connectivity index (χ4n) is 1.93. The standard InChI is InChI=1S/C11H14N2O/c1-8(14)13-11-6-10(7-11)9-2-4-12-5-3-9/h2-5,10-11H,6-7H2,1H3,(H,13,14). The molecule has 0 unspecified atom stereocenters. The van der Waals surface area contributed by atoms with Crippen molar-refractivity contribution >= 4 is 5.91 Å². The molecular weight excluding hydrogens is 176 g/mol. The van der Waals surface area contributed by atoms with Crippen LogP contribution in [0.3, 0.4) is 0 Å². The van der Waals surface area contributed by atoms with Crippen molar-refractivity contribution < 1.29 is 4.79 Å². The first-order valence-corrected chi connectivity index (χ1v) is 4.92. The smallest absolute Gasteiger partial charge is 0.217 e. The number of carbonyl (C=O) groups is 1. The Hall–Kier alpha value is -1.38. The van der Waals surface area contributed by atoms with Gasteiger partial charge in [0, 0.05) is 25.4 Å². The quantitative estimate of drug-likeness (QED) is 0.767. The molecule has 1 N–H and O–H groups in total. The molecular formula is C11H14N2O. The van der Waals surface area contributed by atoms with Crippen LogP contribution in [0.1, 0.15) is 31.2 Å². The number of hydrogen-bond acceptors (Lipinski definition) is 2. The monoisotopic (exact) mass is 190 g/mol. The zero-order chi connectivity index (χ0) is 9.97. The van der Waals surface area contributed by atoms with Crippen LogP contribution in [-0.2, 0) is 4.79 Å². The highest BCUT2D eigenvalue weighted by atomic mass is 16.1. The van der Waals surface area contributed by atoms with Crippen LogP contribution in [0, 0.1) is 0 Å². The minimum Gasteiger partial charge on any atom is -0.354 e. The van der Waals surface area contributed by atoms with Gasteiger partial charge in [-0.2, -0.15) is 0 Å². The molecule has 0 aliphatic heterocycles. The maximum absolute atomic E-state index is 10.8. The van der Waals surface area contributed by atoms with Crippen LogP contribution in [0.25, 0.3) is 0 Å². The Morgan fingerprint density at radius 2 is 2.07 bits per heavy atom. The summed E-state index contributed by atoms with van der Waals surface area (Å²) in [4.78, 5) is 14.8. The number of pyridine rings is 1. The molecule has 0 spiro atoms. The van der Waals surface area contributed by atoms with Gasteiger partial charge in [0.2, 0.25) is 5.91 Å². The van der Waals surface area contributed by atoms with Gasteiger partial charge in [0.25, 0.3) is 0 Å². The van der Waals surface area contributed by atoms with Crippen molar-refractivity contribution in [3.8, 4) is 0 Å². The van der Waals surface area contributed by atoms with Crippen LogP contribution in [0.5, 0.6) is 0 Å². The fourth-order valence-corrected chi connectivity index (χ4v) is 1.93. The lowest BCUT2D eigenvalue weighted by atomic mass is 9.76. The third kappa shape index (κ3) is 1.92. The highest BCUT2D eigenvalue weighted by Crippen LogP contribution is 2.36. The van der Waals surface area contributed by atoms with Crippen molar-refractivity contribution in [1.29, 1.82) is 0 Å². The molecule has 0 aromatic carbocycles. The fraction of sp³-hybridized carbons (Fsp3) is 0.455. The number of amides is 1. The molecule has 1 aromatic rings. The van der Waals surface area contributed by atoms with E-state index in [9.17, 15) is 4.79 Å². The molecule has 1 aliphatic carbocycles. The highest BCUT2D eigenvalue weighted by molar-refractivity contribution is 5.73. The zero-order valence-electron chi connectivity index (χ0n) is 8.23. The van der Waals surface area contributed by atoms with E-state index >= 15 is 0 Å². The second-order valence-corrected chi connectivity index (χ2v) is 3.85. The van der Waals surface area contributed by atoms with Crippen molar-refractivity contribution in [1.82, 2.24) is 10.3 Å². The zero-order valence-corrected chi connectivity index (χ0v) is 8.23. The van der Waals surface area contributed by atoms with Crippen molar-refractivity contribution in [3.05, 3.63) is 30.1 Å². The van der Waals surface area contributed by atoms with E-state index in [-0.39, 0.29) is 5.91 Å². The van der Waals surface area contributed by atoms with Gasteiger partial charge in [-0.1, -0.05) is 0 Å². The molecule has 0 atom stereocenters. The summed E-state index contributed by atoms with van der Waals surface area (Å²) in [6.07, 6.45) is 5.76. The van der Waals surface area contributed by atoms with E-state index < -0.39 is 0 Å². The maximum Gasteiger partial charge on any atom is 0.217 e. The average molecular weight is 190 g/mol. The summed E-state index contributed by atoms with van der Waals surface area (Å²) in [5, 5.41) is 2.92. The summed E-state index contributed by atoms with van der Waals surface area (Å²) in [6.45, 7) is 1.57. The Morgan fingerprint density at radius 3 is 2.64 bits per heavy atom. The van der Waals surface area contributed by atoms with E-state index in [0.717, 1.165) is 12.8 Å². The Balaban J connectivity index is 1.86. The van der Waals surface area contributed by atoms with E-state index in [1.54, 1.807) is 6.92 Å². The minimum atomic E-state index is 0.0724. The molecule has 0 bridgehead atoms. The number of aromatic nitrogens is 1. The predicted molar refractivity (Wildman–Crippen MR) is 53.8 cm³/mol. The van der Waals surface area contributed by atoms with E-state index in [4.69, 9.17) is 0 Å². The van der Waals surface area contributed by atoms with Gasteiger partial charge in [-0.25, -0.2) is 0 Å². The first-order chi connectivity index (χ1) is 6.75. The first kappa shape index (κ1) is 9.19. The van der Waals surface area contributed by atoms with Gasteiger partial charge in [0.05, 0.1) is 0 Å². The molecule has 0 radical (unpaired) electrons. The van der Waals surface area contributed by atoms with Gasteiger partial charge in [-0.15, -0.1) is 0 Å². The predicted octanol–water partition coefficient (Wildman–Crippen LogP) is 1.46. The largest absolute Gasteiger partial charge is 0.354 e. The molecule has 1 amide bonds. The summed E-state index contributed by atoms with van der Waals surface area (Å²) in [7, 11) is 0. The number of hydrogen-bond donors (Lipinski definition) is 1. The van der Waals surface area contributed by atoms with Gasteiger partial charge in [-0.05, 0) is 36.5 Å². The minimum absolute atomic E-state index is 0.0724. The number of carbonyl (C=O) groups excluding carboxylic acids is 1. The second kappa shape index (κ2) is 3.78. The lowest BCUT2D eigenvalue weighted by Crippen LogP contribution is -2.42. The SMILES string of the molecule is CC(=O)NC1CC(c2ccncc2)C1. The van der Waals surface area contributed by atoms with Crippen LogP contribution in [0.4, 0.5) is 0 Å². The topological polar surface area (TPSA) is 42.0 Å². The lowest BCUT2D eigenvalue weighted by Gasteiger charge is -2.35. The van der Waals surface area contributed by atoms with E-state index in [2.05, 4.69) is 22.4 Å². The Bertz CT molecular complexity index is 317. The second-order valence-electron chi connectivity index (χ2n) is 3.85. The van der Waals surface area contributed by atoms with Gasteiger partial charge < -0.3 is 5.32 Å². The van der Waals surface area contributed by atoms with Gasteiger partial charge >= 0.3 is 0 Å². The number of rotatable bonds is 2. The lowest BCUT2D eigenvalue weighted by molar-refractivity contribution is -0.120. The molecule has 1 saturated carbocycles. The van der Waals surface area contributed by atoms with Gasteiger partial charge in [0.15, 0.2) is 0 Å². The molecule has 3 nitrogen and oxygen atoms in total. The third-order valence-corrected chi connectivity index (χ3v) is 2.72. The highest BCUT2D eigenvalue weighted by Gasteiger charge is 2.30. The molecule has 74 valence electrons. The molecule has 1 aromatic heterocycles. The Morgan fingerprint density at radius 1 is 1.43 bits per heavy atom. The van der Waals surface area contributed by atoms with Crippen LogP contribution in [-0.4, -0.2) is 16.9 Å². The Labute approximate surface area is 83.5 Å².